The molecule has 4 rings (SSSR count). The van der Waals surface area contributed by atoms with Crippen molar-refractivity contribution in [3.8, 4) is 0 Å². The number of thioether (sulfide) groups is 1. The lowest BCUT2D eigenvalue weighted by molar-refractivity contribution is -0.119. The largest absolute Gasteiger partial charge is 0.393 e. The molecule has 3 N–H and O–H groups in total. The number of ketones is 1. The summed E-state index contributed by atoms with van der Waals surface area (Å²) in [6, 6.07) is 0.430. The summed E-state index contributed by atoms with van der Waals surface area (Å²) in [5, 5.41) is 15.9. The number of nitrogens with zero attached hydrogens (tertiary/aromatic N) is 4. The number of carbonyl (C=O) groups excluding carboxylic acids is 2. The van der Waals surface area contributed by atoms with Gasteiger partial charge < -0.3 is 20.3 Å². The minimum Gasteiger partial charge on any atom is -0.393 e. The number of aryl methyl sites for hydroxylation is 2. The molecule has 0 saturated carbocycles. The molecule has 0 spiro atoms. The zero-order chi connectivity index (χ0) is 29.4. The van der Waals surface area contributed by atoms with Crippen molar-refractivity contribution in [1.29, 1.82) is 0 Å². The number of rotatable bonds is 18. The number of aliphatic hydroxyl groups excluding tert-OH is 1. The minimum atomic E-state index is -0.391. The van der Waals surface area contributed by atoms with E-state index in [0.717, 1.165) is 63.5 Å². The topological polar surface area (TPSA) is 140 Å². The van der Waals surface area contributed by atoms with Crippen molar-refractivity contribution in [2.45, 2.75) is 127 Å². The van der Waals surface area contributed by atoms with Gasteiger partial charge in [0.1, 0.15) is 5.78 Å². The number of nitrogens with one attached hydrogen (secondary N) is 2. The number of Topliss-reactive ketones (excluding diaryl/α,β-unsaturated/α-hetero) is 1. The van der Waals surface area contributed by atoms with E-state index < -0.39 is 6.10 Å². The standard InChI is InChI=1S/C29H46N6O5S/c1-20(36)12-9-11-17-35-27(38)25-26(30-19-33(25)2)34(29(35)40)16-10-5-3-4-6-13-21(37)14-7-8-15-23-24-22(18-41-23)31-28(39)32-24/h19-20,22-24,36H,3-18H2,1-2H3,(H2,31,32,39)/t20-,22+,23+,24+/m1/s1. The molecule has 2 aliphatic heterocycles. The van der Waals surface area contributed by atoms with E-state index in [1.165, 1.54) is 4.57 Å². The van der Waals surface area contributed by atoms with Crippen LogP contribution in [0.4, 0.5) is 4.79 Å². The zero-order valence-electron chi connectivity index (χ0n) is 24.5. The Hall–Kier alpha value is -2.60. The fourth-order valence-electron chi connectivity index (χ4n) is 5.98. The number of amides is 2. The quantitative estimate of drug-likeness (QED) is 0.179. The Balaban J connectivity index is 1.13. The van der Waals surface area contributed by atoms with E-state index in [2.05, 4.69) is 15.6 Å². The zero-order valence-corrected chi connectivity index (χ0v) is 25.3. The molecule has 228 valence electrons. The van der Waals surface area contributed by atoms with Crippen LogP contribution in [0.25, 0.3) is 11.2 Å². The van der Waals surface area contributed by atoms with Gasteiger partial charge in [-0.1, -0.05) is 25.7 Å². The number of hydrogen-bond donors (Lipinski definition) is 3. The van der Waals surface area contributed by atoms with Crippen molar-refractivity contribution >= 4 is 34.7 Å². The van der Waals surface area contributed by atoms with E-state index in [4.69, 9.17) is 0 Å². The summed E-state index contributed by atoms with van der Waals surface area (Å²) in [6.45, 7) is 2.57. The number of urea groups is 1. The van der Waals surface area contributed by atoms with Crippen molar-refractivity contribution < 1.29 is 14.7 Å². The van der Waals surface area contributed by atoms with Crippen LogP contribution < -0.4 is 21.9 Å². The highest BCUT2D eigenvalue weighted by Crippen LogP contribution is 2.33. The summed E-state index contributed by atoms with van der Waals surface area (Å²) in [5.74, 6) is 1.30. The average Bonchev–Trinajstić information content (AvgIpc) is 3.61. The molecule has 0 radical (unpaired) electrons. The lowest BCUT2D eigenvalue weighted by Crippen LogP contribution is -2.40. The molecule has 0 bridgehead atoms. The van der Waals surface area contributed by atoms with Crippen LogP contribution in [-0.4, -0.2) is 64.8 Å². The van der Waals surface area contributed by atoms with Gasteiger partial charge in [0.25, 0.3) is 5.56 Å². The molecule has 2 saturated heterocycles. The van der Waals surface area contributed by atoms with Crippen molar-refractivity contribution in [2.75, 3.05) is 5.75 Å². The van der Waals surface area contributed by atoms with Crippen LogP contribution >= 0.6 is 11.8 Å². The number of unbranched alkanes of at least 4 members (excludes halogenated alkanes) is 6. The van der Waals surface area contributed by atoms with E-state index in [0.29, 0.717) is 61.0 Å². The lowest BCUT2D eigenvalue weighted by Gasteiger charge is -2.16. The van der Waals surface area contributed by atoms with Gasteiger partial charge in [-0.3, -0.25) is 18.7 Å². The second-order valence-corrected chi connectivity index (χ2v) is 13.0. The van der Waals surface area contributed by atoms with Crippen LogP contribution in [0.15, 0.2) is 15.9 Å². The Kier molecular flexibility index (Phi) is 11.5. The fourth-order valence-corrected chi connectivity index (χ4v) is 7.52. The van der Waals surface area contributed by atoms with E-state index in [-0.39, 0.29) is 29.4 Å². The summed E-state index contributed by atoms with van der Waals surface area (Å²) in [5.41, 5.74) is 0.241. The molecule has 2 amide bonds. The second kappa shape index (κ2) is 15.0. The van der Waals surface area contributed by atoms with Crippen LogP contribution in [0.2, 0.25) is 0 Å². The SMILES string of the molecule is C[C@@H](O)CCCCn1c(=O)c2c(ncn2C)n(CCCCCCCC(=O)CCCC[C@@H]2SC[C@@H]3NC(=O)N[C@@H]32)c1=O. The summed E-state index contributed by atoms with van der Waals surface area (Å²) < 4.78 is 4.60. The van der Waals surface area contributed by atoms with Gasteiger partial charge in [0, 0.05) is 44.0 Å². The number of fused-ring (bicyclic) bond motifs is 2. The smallest absolute Gasteiger partial charge is 0.332 e. The van der Waals surface area contributed by atoms with Crippen molar-refractivity contribution in [3.63, 3.8) is 0 Å². The third kappa shape index (κ3) is 8.24. The molecule has 12 heteroatoms. The van der Waals surface area contributed by atoms with Crippen LogP contribution in [0.3, 0.4) is 0 Å². The van der Waals surface area contributed by atoms with E-state index >= 15 is 0 Å². The molecule has 2 aliphatic rings. The summed E-state index contributed by atoms with van der Waals surface area (Å²) in [6.07, 6.45) is 12.0. The Bertz CT molecular complexity index is 1300. The average molecular weight is 591 g/mol. The Morgan fingerprint density at radius 2 is 1.68 bits per heavy atom. The molecule has 2 aromatic heterocycles. The van der Waals surface area contributed by atoms with Gasteiger partial charge in [0.2, 0.25) is 0 Å². The monoisotopic (exact) mass is 590 g/mol. The van der Waals surface area contributed by atoms with Crippen molar-refractivity contribution in [2.24, 2.45) is 7.05 Å². The van der Waals surface area contributed by atoms with Gasteiger partial charge in [0.05, 0.1) is 24.5 Å². The Labute approximate surface area is 245 Å². The normalized spacial score (nSPS) is 20.8. The maximum atomic E-state index is 13.2. The van der Waals surface area contributed by atoms with Gasteiger partial charge in [-0.15, -0.1) is 0 Å². The Morgan fingerprint density at radius 3 is 2.46 bits per heavy atom. The molecule has 41 heavy (non-hydrogen) atoms. The van der Waals surface area contributed by atoms with Crippen molar-refractivity contribution in [3.05, 3.63) is 27.2 Å². The number of imidazole rings is 1. The highest BCUT2D eigenvalue weighted by atomic mass is 32.2. The number of carbonyl (C=O) groups is 2. The molecule has 4 heterocycles. The Morgan fingerprint density at radius 1 is 1.00 bits per heavy atom. The predicted molar refractivity (Wildman–Crippen MR) is 161 cm³/mol. The van der Waals surface area contributed by atoms with Crippen LogP contribution in [0.1, 0.15) is 90.4 Å². The number of hydrogen-bond acceptors (Lipinski definition) is 7. The fraction of sp³-hybridized carbons (Fsp3) is 0.759. The highest BCUT2D eigenvalue weighted by molar-refractivity contribution is 8.00. The third-order valence-corrected chi connectivity index (χ3v) is 9.81. The first-order valence-corrected chi connectivity index (χ1v) is 16.3. The molecule has 4 atom stereocenters. The molecule has 0 aliphatic carbocycles. The molecular weight excluding hydrogens is 544 g/mol. The van der Waals surface area contributed by atoms with Gasteiger partial charge in [-0.05, 0) is 51.9 Å². The van der Waals surface area contributed by atoms with Crippen molar-refractivity contribution in [1.82, 2.24) is 29.3 Å². The van der Waals surface area contributed by atoms with Crippen LogP contribution in [0, 0.1) is 0 Å². The van der Waals surface area contributed by atoms with Gasteiger partial charge in [-0.25, -0.2) is 14.6 Å². The van der Waals surface area contributed by atoms with Gasteiger partial charge in [-0.2, -0.15) is 11.8 Å². The maximum Gasteiger partial charge on any atom is 0.332 e. The first kappa shape index (κ1) is 31.3. The van der Waals surface area contributed by atoms with E-state index in [9.17, 15) is 24.3 Å². The first-order chi connectivity index (χ1) is 19.8. The second-order valence-electron chi connectivity index (χ2n) is 11.7. The molecule has 2 aromatic rings. The maximum absolute atomic E-state index is 13.2. The summed E-state index contributed by atoms with van der Waals surface area (Å²) in [4.78, 5) is 54.4. The van der Waals surface area contributed by atoms with Gasteiger partial charge >= 0.3 is 11.7 Å². The number of aromatic nitrogens is 4. The predicted octanol–water partition coefficient (Wildman–Crippen LogP) is 3.08. The summed E-state index contributed by atoms with van der Waals surface area (Å²) >= 11 is 1.92. The minimum absolute atomic E-state index is 0.0538. The molecule has 0 aromatic carbocycles. The van der Waals surface area contributed by atoms with Crippen LogP contribution in [-0.2, 0) is 24.9 Å². The molecule has 11 nitrogen and oxygen atoms in total. The number of aliphatic hydroxyl groups is 1. The first-order valence-electron chi connectivity index (χ1n) is 15.3. The molecule has 0 unspecified atom stereocenters. The molecular formula is C29H46N6O5S. The lowest BCUT2D eigenvalue weighted by atomic mass is 10.0. The van der Waals surface area contributed by atoms with E-state index in [1.54, 1.807) is 29.4 Å². The summed E-state index contributed by atoms with van der Waals surface area (Å²) in [7, 11) is 1.77. The van der Waals surface area contributed by atoms with Gasteiger partial charge in [0.15, 0.2) is 11.2 Å². The highest BCUT2D eigenvalue weighted by Gasteiger charge is 2.42. The van der Waals surface area contributed by atoms with Crippen LogP contribution in [0.5, 0.6) is 0 Å². The third-order valence-electron chi connectivity index (χ3n) is 8.31. The van der Waals surface area contributed by atoms with E-state index in [1.807, 2.05) is 11.8 Å². The molecule has 2 fully saturated rings.